The first-order chi connectivity index (χ1) is 7.74. The lowest BCUT2D eigenvalue weighted by molar-refractivity contribution is 0.210. The van der Waals surface area contributed by atoms with Gasteiger partial charge in [0.1, 0.15) is 11.9 Å². The zero-order valence-corrected chi connectivity index (χ0v) is 9.04. The molecule has 0 spiro atoms. The van der Waals surface area contributed by atoms with E-state index in [2.05, 4.69) is 9.97 Å². The molecule has 0 fully saturated rings. The van der Waals surface area contributed by atoms with E-state index < -0.39 is 6.10 Å². The monoisotopic (exact) mass is 218 g/mol. The summed E-state index contributed by atoms with van der Waals surface area (Å²) in [6, 6.07) is 3.52. The van der Waals surface area contributed by atoms with Crippen LogP contribution in [0.3, 0.4) is 0 Å². The first kappa shape index (κ1) is 10.6. The van der Waals surface area contributed by atoms with Crippen LogP contribution in [0.25, 0.3) is 0 Å². The van der Waals surface area contributed by atoms with Gasteiger partial charge in [-0.25, -0.2) is 9.97 Å². The lowest BCUT2D eigenvalue weighted by Gasteiger charge is -2.14. The zero-order valence-electron chi connectivity index (χ0n) is 9.04. The Bertz CT molecular complexity index is 480. The second-order valence-electron chi connectivity index (χ2n) is 3.48. The molecule has 0 amide bonds. The van der Waals surface area contributed by atoms with Crippen molar-refractivity contribution in [3.8, 4) is 0 Å². The number of aromatic nitrogens is 3. The minimum atomic E-state index is -0.781. The summed E-state index contributed by atoms with van der Waals surface area (Å²) in [6.45, 7) is 2.75. The van der Waals surface area contributed by atoms with Crippen LogP contribution in [0.4, 0.5) is 5.82 Å². The Morgan fingerprint density at radius 2 is 2.38 bits per heavy atom. The highest BCUT2D eigenvalue weighted by Crippen LogP contribution is 2.24. The maximum Gasteiger partial charge on any atom is 0.129 e. The minimum absolute atomic E-state index is 0.346. The van der Waals surface area contributed by atoms with Crippen LogP contribution in [0.5, 0.6) is 0 Å². The first-order valence-corrected chi connectivity index (χ1v) is 5.12. The van der Waals surface area contributed by atoms with Gasteiger partial charge in [0, 0.05) is 18.3 Å². The number of aliphatic hydroxyl groups excluding tert-OH is 1. The van der Waals surface area contributed by atoms with Gasteiger partial charge in [-0.3, -0.25) is 0 Å². The molecule has 0 aromatic carbocycles. The van der Waals surface area contributed by atoms with Gasteiger partial charge in [0.25, 0.3) is 0 Å². The summed E-state index contributed by atoms with van der Waals surface area (Å²) in [6.07, 6.45) is 4.14. The summed E-state index contributed by atoms with van der Waals surface area (Å²) in [5.41, 5.74) is 7.05. The zero-order chi connectivity index (χ0) is 11.5. The van der Waals surface area contributed by atoms with Crippen LogP contribution >= 0.6 is 0 Å². The fourth-order valence-corrected chi connectivity index (χ4v) is 1.64. The Morgan fingerprint density at radius 3 is 3.06 bits per heavy atom. The summed E-state index contributed by atoms with van der Waals surface area (Å²) in [5, 5.41) is 10.2. The summed E-state index contributed by atoms with van der Waals surface area (Å²) in [4.78, 5) is 7.96. The van der Waals surface area contributed by atoms with E-state index >= 15 is 0 Å². The highest BCUT2D eigenvalue weighted by molar-refractivity contribution is 5.42. The highest BCUT2D eigenvalue weighted by Gasteiger charge is 2.17. The Kier molecular flexibility index (Phi) is 2.87. The van der Waals surface area contributed by atoms with Crippen LogP contribution in [-0.2, 0) is 6.54 Å². The van der Waals surface area contributed by atoms with Crippen LogP contribution in [0.15, 0.2) is 30.9 Å². The molecule has 0 bridgehead atoms. The molecule has 1 atom stereocenters. The topological polar surface area (TPSA) is 77.0 Å². The van der Waals surface area contributed by atoms with Gasteiger partial charge in [0.2, 0.25) is 0 Å². The minimum Gasteiger partial charge on any atom is -0.383 e. The summed E-state index contributed by atoms with van der Waals surface area (Å²) < 4.78 is 1.87. The molecule has 2 aromatic heterocycles. The Balaban J connectivity index is 2.39. The molecule has 5 heteroatoms. The van der Waals surface area contributed by atoms with E-state index in [0.29, 0.717) is 11.4 Å². The molecule has 5 nitrogen and oxygen atoms in total. The second-order valence-corrected chi connectivity index (χ2v) is 3.48. The van der Waals surface area contributed by atoms with Gasteiger partial charge in [-0.2, -0.15) is 0 Å². The van der Waals surface area contributed by atoms with Crippen molar-refractivity contribution in [2.24, 2.45) is 0 Å². The number of pyridine rings is 1. The lowest BCUT2D eigenvalue weighted by Crippen LogP contribution is -2.09. The molecule has 16 heavy (non-hydrogen) atoms. The van der Waals surface area contributed by atoms with Gasteiger partial charge in [-0.15, -0.1) is 0 Å². The molecule has 0 aliphatic carbocycles. The summed E-state index contributed by atoms with van der Waals surface area (Å²) >= 11 is 0. The van der Waals surface area contributed by atoms with Gasteiger partial charge in [-0.05, 0) is 13.0 Å². The first-order valence-electron chi connectivity index (χ1n) is 5.12. The molecule has 2 rings (SSSR count). The average molecular weight is 218 g/mol. The average Bonchev–Trinajstić information content (AvgIpc) is 2.77. The largest absolute Gasteiger partial charge is 0.383 e. The summed E-state index contributed by atoms with van der Waals surface area (Å²) in [7, 11) is 0. The number of hydrogen-bond donors (Lipinski definition) is 2. The molecular weight excluding hydrogens is 204 g/mol. The van der Waals surface area contributed by atoms with E-state index in [1.165, 1.54) is 0 Å². The predicted octanol–water partition coefficient (Wildman–Crippen LogP) is 0.962. The van der Waals surface area contributed by atoms with Gasteiger partial charge >= 0.3 is 0 Å². The lowest BCUT2D eigenvalue weighted by atomic mass is 10.1. The number of anilines is 1. The molecule has 1 unspecified atom stereocenters. The normalized spacial score (nSPS) is 12.6. The van der Waals surface area contributed by atoms with Gasteiger partial charge in [0.15, 0.2) is 0 Å². The van der Waals surface area contributed by atoms with Crippen molar-refractivity contribution in [2.45, 2.75) is 19.6 Å². The van der Waals surface area contributed by atoms with Crippen molar-refractivity contribution in [3.05, 3.63) is 42.1 Å². The number of aryl methyl sites for hydroxylation is 1. The maximum absolute atomic E-state index is 10.2. The highest BCUT2D eigenvalue weighted by atomic mass is 16.3. The van der Waals surface area contributed by atoms with Crippen molar-refractivity contribution in [1.29, 1.82) is 0 Å². The van der Waals surface area contributed by atoms with Gasteiger partial charge in [0.05, 0.1) is 18.2 Å². The SMILES string of the molecule is CCn1cncc1C(O)c1cccnc1N. The molecule has 0 aliphatic rings. The van der Waals surface area contributed by atoms with E-state index in [1.54, 1.807) is 30.9 Å². The molecule has 2 aromatic rings. The fraction of sp³-hybridized carbons (Fsp3) is 0.273. The molecule has 2 heterocycles. The third-order valence-electron chi connectivity index (χ3n) is 2.53. The summed E-state index contributed by atoms with van der Waals surface area (Å²) in [5.74, 6) is 0.346. The number of nitrogens with zero attached hydrogens (tertiary/aromatic N) is 3. The third kappa shape index (κ3) is 1.77. The van der Waals surface area contributed by atoms with Crippen LogP contribution in [0.1, 0.15) is 24.3 Å². The smallest absolute Gasteiger partial charge is 0.129 e. The van der Waals surface area contributed by atoms with Crippen molar-refractivity contribution < 1.29 is 5.11 Å². The van der Waals surface area contributed by atoms with Crippen molar-refractivity contribution in [3.63, 3.8) is 0 Å². The standard InChI is InChI=1S/C11H14N4O/c1-2-15-7-13-6-9(15)10(16)8-4-3-5-14-11(8)12/h3-7,10,16H,2H2,1H3,(H2,12,14). The number of imidazole rings is 1. The molecule has 84 valence electrons. The fourth-order valence-electron chi connectivity index (χ4n) is 1.64. The second kappa shape index (κ2) is 4.32. The van der Waals surface area contributed by atoms with E-state index in [9.17, 15) is 5.11 Å². The Hall–Kier alpha value is -1.88. The molecule has 0 radical (unpaired) electrons. The molecule has 0 aliphatic heterocycles. The van der Waals surface area contributed by atoms with Crippen LogP contribution in [0, 0.1) is 0 Å². The van der Waals surface area contributed by atoms with Crippen molar-refractivity contribution >= 4 is 5.82 Å². The number of aliphatic hydroxyl groups is 1. The third-order valence-corrected chi connectivity index (χ3v) is 2.53. The van der Waals surface area contributed by atoms with E-state index in [0.717, 1.165) is 12.2 Å². The van der Waals surface area contributed by atoms with Gasteiger partial charge < -0.3 is 15.4 Å². The molecule has 3 N–H and O–H groups in total. The Morgan fingerprint density at radius 1 is 1.56 bits per heavy atom. The van der Waals surface area contributed by atoms with Gasteiger partial charge in [-0.1, -0.05) is 6.07 Å². The predicted molar refractivity (Wildman–Crippen MR) is 60.6 cm³/mol. The van der Waals surface area contributed by atoms with E-state index in [4.69, 9.17) is 5.73 Å². The van der Waals surface area contributed by atoms with Crippen molar-refractivity contribution in [1.82, 2.24) is 14.5 Å². The van der Waals surface area contributed by atoms with Crippen molar-refractivity contribution in [2.75, 3.05) is 5.73 Å². The number of hydrogen-bond acceptors (Lipinski definition) is 4. The molecular formula is C11H14N4O. The molecule has 0 saturated heterocycles. The van der Waals surface area contributed by atoms with E-state index in [-0.39, 0.29) is 0 Å². The van der Waals surface area contributed by atoms with Crippen LogP contribution in [-0.4, -0.2) is 19.6 Å². The Labute approximate surface area is 93.6 Å². The van der Waals surface area contributed by atoms with Crippen LogP contribution in [0.2, 0.25) is 0 Å². The number of nitrogens with two attached hydrogens (primary N) is 1. The number of rotatable bonds is 3. The quantitative estimate of drug-likeness (QED) is 0.804. The molecule has 0 saturated carbocycles. The maximum atomic E-state index is 10.2. The van der Waals surface area contributed by atoms with E-state index in [1.807, 2.05) is 11.5 Å². The number of nitrogen functional groups attached to an aromatic ring is 1. The van der Waals surface area contributed by atoms with Crippen LogP contribution < -0.4 is 5.73 Å².